The van der Waals surface area contributed by atoms with Gasteiger partial charge in [-0.25, -0.2) is 15.0 Å². The molecule has 2 aromatic heterocycles. The third kappa shape index (κ3) is 2.23. The average Bonchev–Trinajstić information content (AvgIpc) is 3.02. The monoisotopic (exact) mass is 292 g/mol. The fourth-order valence-electron chi connectivity index (χ4n) is 2.27. The smallest absolute Gasteiger partial charge is 0.220 e. The summed E-state index contributed by atoms with van der Waals surface area (Å²) in [5.74, 6) is -0.0418. The molecular weight excluding hydrogens is 280 g/mol. The van der Waals surface area contributed by atoms with Crippen LogP contribution in [0.15, 0.2) is 11.4 Å². The Morgan fingerprint density at radius 2 is 2.38 bits per heavy atom. The Hall–Kier alpha value is -2.46. The number of hydrogen-bond donors (Lipinski definition) is 3. The number of anilines is 1. The van der Waals surface area contributed by atoms with Crippen LogP contribution in [0.25, 0.3) is 21.6 Å². The van der Waals surface area contributed by atoms with Crippen LogP contribution in [-0.4, -0.2) is 48.5 Å². The van der Waals surface area contributed by atoms with Gasteiger partial charge in [0.05, 0.1) is 19.0 Å². The molecule has 1 aliphatic heterocycles. The van der Waals surface area contributed by atoms with Crippen molar-refractivity contribution in [1.29, 1.82) is 0 Å². The lowest BCUT2D eigenvalue weighted by Crippen LogP contribution is -2.24. The number of hydrogen-bond acceptors (Lipinski definition) is 8. The normalized spacial score (nSPS) is 25.1. The topological polar surface area (TPSA) is 168 Å². The van der Waals surface area contributed by atoms with Crippen molar-refractivity contribution >= 4 is 22.9 Å². The minimum absolute atomic E-state index is 0.0819. The fraction of sp³-hybridized carbons (Fsp3) is 0.500. The van der Waals surface area contributed by atoms with Gasteiger partial charge in [-0.2, -0.15) is 0 Å². The molecule has 0 aromatic carbocycles. The summed E-state index contributed by atoms with van der Waals surface area (Å²) in [6.07, 6.45) is -0.267. The highest BCUT2D eigenvalue weighted by molar-refractivity contribution is 5.82. The minimum Gasteiger partial charge on any atom is -0.394 e. The maximum atomic E-state index is 9.78. The molecular formula is C10H12N8O3. The second-order valence-electron chi connectivity index (χ2n) is 4.54. The summed E-state index contributed by atoms with van der Waals surface area (Å²) in [5.41, 5.74) is 14.9. The van der Waals surface area contributed by atoms with Gasteiger partial charge < -0.3 is 20.7 Å². The summed E-state index contributed by atoms with van der Waals surface area (Å²) >= 11 is 0. The molecule has 2 aromatic rings. The molecule has 21 heavy (non-hydrogen) atoms. The number of aromatic nitrogens is 4. The number of rotatable bonds is 3. The van der Waals surface area contributed by atoms with Gasteiger partial charge in [-0.05, 0) is 10.6 Å². The zero-order chi connectivity index (χ0) is 15.0. The van der Waals surface area contributed by atoms with Crippen LogP contribution < -0.4 is 5.73 Å². The summed E-state index contributed by atoms with van der Waals surface area (Å²) < 4.78 is 7.09. The Kier molecular flexibility index (Phi) is 3.31. The Balaban J connectivity index is 2.05. The summed E-state index contributed by atoms with van der Waals surface area (Å²) in [6, 6.07) is 0. The second-order valence-corrected chi connectivity index (χ2v) is 4.54. The number of aliphatic hydroxyl groups excluding tert-OH is 2. The molecule has 0 radical (unpaired) electrons. The van der Waals surface area contributed by atoms with Crippen molar-refractivity contribution in [2.75, 3.05) is 12.3 Å². The third-order valence-electron chi connectivity index (χ3n) is 3.27. The summed E-state index contributed by atoms with van der Waals surface area (Å²) in [4.78, 5) is 14.6. The zero-order valence-corrected chi connectivity index (χ0v) is 10.7. The first-order valence-corrected chi connectivity index (χ1v) is 6.13. The van der Waals surface area contributed by atoms with E-state index in [1.54, 1.807) is 4.57 Å². The summed E-state index contributed by atoms with van der Waals surface area (Å²) in [5, 5.41) is 22.2. The van der Waals surface area contributed by atoms with E-state index >= 15 is 0 Å². The molecule has 1 unspecified atom stereocenters. The van der Waals surface area contributed by atoms with Gasteiger partial charge in [-0.1, -0.05) is 0 Å². The first-order chi connectivity index (χ1) is 10.1. The van der Waals surface area contributed by atoms with Crippen molar-refractivity contribution in [2.45, 2.75) is 24.9 Å². The second kappa shape index (κ2) is 5.14. The summed E-state index contributed by atoms with van der Waals surface area (Å²) in [6.45, 7) is -0.286. The predicted octanol–water partition coefficient (Wildman–Crippen LogP) is -0.00900. The van der Waals surface area contributed by atoms with Gasteiger partial charge in [0.2, 0.25) is 5.95 Å². The van der Waals surface area contributed by atoms with Gasteiger partial charge in [-0.3, -0.25) is 4.57 Å². The molecule has 1 aliphatic rings. The molecule has 0 amide bonds. The summed E-state index contributed by atoms with van der Waals surface area (Å²) in [7, 11) is 0. The maximum Gasteiger partial charge on any atom is 0.220 e. The lowest BCUT2D eigenvalue weighted by Gasteiger charge is -2.13. The maximum absolute atomic E-state index is 9.78. The van der Waals surface area contributed by atoms with E-state index in [2.05, 4.69) is 25.0 Å². The molecule has 0 saturated carbocycles. The molecule has 1 fully saturated rings. The number of nitrogens with two attached hydrogens (primary N) is 1. The van der Waals surface area contributed by atoms with Gasteiger partial charge in [0.1, 0.15) is 17.8 Å². The molecule has 0 bridgehead atoms. The number of azide groups is 1. The lowest BCUT2D eigenvalue weighted by atomic mass is 10.2. The van der Waals surface area contributed by atoms with E-state index in [0.717, 1.165) is 0 Å². The number of aliphatic hydroxyl groups is 2. The number of nitrogen functional groups attached to an aromatic ring is 1. The van der Waals surface area contributed by atoms with Crippen molar-refractivity contribution in [2.24, 2.45) is 5.11 Å². The highest BCUT2D eigenvalue weighted by Gasteiger charge is 2.35. The van der Waals surface area contributed by atoms with Crippen LogP contribution in [0.3, 0.4) is 0 Å². The van der Waals surface area contributed by atoms with Gasteiger partial charge in [0.15, 0.2) is 11.5 Å². The van der Waals surface area contributed by atoms with Gasteiger partial charge >= 0.3 is 0 Å². The molecule has 3 atom stereocenters. The first kappa shape index (κ1) is 13.5. The van der Waals surface area contributed by atoms with Crippen LogP contribution in [-0.2, 0) is 4.74 Å². The molecule has 0 aliphatic carbocycles. The number of imidazole rings is 1. The van der Waals surface area contributed by atoms with Crippen molar-refractivity contribution in [3.63, 3.8) is 0 Å². The Morgan fingerprint density at radius 3 is 3.05 bits per heavy atom. The number of fused-ring (bicyclic) bond motifs is 1. The van der Waals surface area contributed by atoms with Crippen molar-refractivity contribution in [3.05, 3.63) is 16.8 Å². The van der Waals surface area contributed by atoms with Crippen LogP contribution in [0.5, 0.6) is 0 Å². The molecule has 4 N–H and O–H groups in total. The van der Waals surface area contributed by atoms with Crippen molar-refractivity contribution in [1.82, 2.24) is 19.5 Å². The SMILES string of the molecule is [N-]=[N+]=Nc1nc(N)c2ncn([C@H]3CC(O)[C@@H](CO)O3)c2n1. The van der Waals surface area contributed by atoms with E-state index in [1.807, 2.05) is 0 Å². The predicted molar refractivity (Wildman–Crippen MR) is 70.2 cm³/mol. The highest BCUT2D eigenvalue weighted by Crippen LogP contribution is 2.31. The molecule has 3 rings (SSSR count). The van der Waals surface area contributed by atoms with Crippen molar-refractivity contribution in [3.8, 4) is 0 Å². The molecule has 11 heteroatoms. The molecule has 1 saturated heterocycles. The van der Waals surface area contributed by atoms with E-state index in [9.17, 15) is 5.11 Å². The van der Waals surface area contributed by atoms with Crippen LogP contribution in [0.4, 0.5) is 11.8 Å². The van der Waals surface area contributed by atoms with Gasteiger partial charge in [0.25, 0.3) is 0 Å². The molecule has 0 spiro atoms. The largest absolute Gasteiger partial charge is 0.394 e. The lowest BCUT2D eigenvalue weighted by molar-refractivity contribution is -0.0432. The Morgan fingerprint density at radius 1 is 1.57 bits per heavy atom. The zero-order valence-electron chi connectivity index (χ0n) is 10.7. The van der Waals surface area contributed by atoms with Crippen LogP contribution in [0.2, 0.25) is 0 Å². The fourth-order valence-corrected chi connectivity index (χ4v) is 2.27. The molecule has 3 heterocycles. The van der Waals surface area contributed by atoms with E-state index in [4.69, 9.17) is 21.1 Å². The van der Waals surface area contributed by atoms with Gasteiger partial charge in [-0.15, -0.1) is 0 Å². The quantitative estimate of drug-likeness (QED) is 0.406. The number of ether oxygens (including phenoxy) is 1. The molecule has 11 nitrogen and oxygen atoms in total. The van der Waals surface area contributed by atoms with Crippen LogP contribution >= 0.6 is 0 Å². The van der Waals surface area contributed by atoms with E-state index in [-0.39, 0.29) is 24.8 Å². The molecule has 110 valence electrons. The van der Waals surface area contributed by atoms with Crippen LogP contribution in [0, 0.1) is 0 Å². The number of nitrogens with zero attached hydrogens (tertiary/aromatic N) is 7. The van der Waals surface area contributed by atoms with E-state index < -0.39 is 18.4 Å². The van der Waals surface area contributed by atoms with Crippen molar-refractivity contribution < 1.29 is 14.9 Å². The third-order valence-corrected chi connectivity index (χ3v) is 3.27. The van der Waals surface area contributed by atoms with E-state index in [0.29, 0.717) is 11.2 Å². The average molecular weight is 292 g/mol. The standard InChI is InChI=1S/C10H12N8O3/c11-8-7-9(15-10(14-8)16-17-12)18(3-13-7)6-1-4(20)5(2-19)21-6/h3-6,19-20H,1-2H2,(H2,11,14,15)/t4?,5-,6-/m1/s1. The van der Waals surface area contributed by atoms with E-state index in [1.165, 1.54) is 6.33 Å². The highest BCUT2D eigenvalue weighted by atomic mass is 16.5. The van der Waals surface area contributed by atoms with Gasteiger partial charge in [0, 0.05) is 11.3 Å². The minimum atomic E-state index is -0.784. The first-order valence-electron chi connectivity index (χ1n) is 6.13. The Bertz CT molecular complexity index is 724. The Labute approximate surface area is 117 Å². The van der Waals surface area contributed by atoms with Crippen LogP contribution in [0.1, 0.15) is 12.6 Å².